The van der Waals surface area contributed by atoms with Crippen molar-refractivity contribution in [3.63, 3.8) is 0 Å². The number of aromatic nitrogens is 5. The third-order valence-electron chi connectivity index (χ3n) is 5.14. The quantitative estimate of drug-likeness (QED) is 0.351. The molecule has 182 valence electrons. The molecule has 1 atom stereocenters. The molecule has 0 bridgehead atoms. The Morgan fingerprint density at radius 3 is 2.34 bits per heavy atom. The van der Waals surface area contributed by atoms with Crippen LogP contribution in [0.1, 0.15) is 11.3 Å². The molecule has 1 unspecified atom stereocenters. The molecule has 4 aromatic rings. The van der Waals surface area contributed by atoms with E-state index >= 15 is 0 Å². The highest BCUT2D eigenvalue weighted by molar-refractivity contribution is 6.30. The lowest BCUT2D eigenvalue weighted by molar-refractivity contribution is -0.153. The van der Waals surface area contributed by atoms with E-state index in [-0.39, 0.29) is 35.0 Å². The first-order valence-electron chi connectivity index (χ1n) is 10.2. The van der Waals surface area contributed by atoms with Crippen LogP contribution in [-0.2, 0) is 18.6 Å². The molecule has 35 heavy (non-hydrogen) atoms. The number of hydrogen-bond acceptors (Lipinski definition) is 6. The lowest BCUT2D eigenvalue weighted by Crippen LogP contribution is -2.35. The summed E-state index contributed by atoms with van der Waals surface area (Å²) in [6.45, 7) is -1.48. The second-order valence-corrected chi connectivity index (χ2v) is 8.25. The highest BCUT2D eigenvalue weighted by atomic mass is 35.5. The number of aliphatic hydroxyl groups is 1. The number of benzene rings is 2. The number of tetrazole rings is 1. The van der Waals surface area contributed by atoms with Crippen LogP contribution in [0, 0.1) is 5.82 Å². The van der Waals surface area contributed by atoms with Gasteiger partial charge in [-0.05, 0) is 51.9 Å². The maximum Gasteiger partial charge on any atom is 0.422 e. The summed E-state index contributed by atoms with van der Waals surface area (Å²) in [7, 11) is 0. The van der Waals surface area contributed by atoms with Crippen molar-refractivity contribution in [2.45, 2.75) is 24.7 Å². The Morgan fingerprint density at radius 2 is 1.74 bits per heavy atom. The number of hydrogen-bond donors (Lipinski definition) is 1. The standard InChI is InChI=1S/C23H18ClF4N5O2/c24-18-5-1-16(20(25)9-18)10-22(34,12-33-14-30-31-32-33)21-8-4-17(11-29-21)15-2-6-19(7-3-15)35-13-23(26,27)28/h1-9,11,14,34H,10,12-13H2. The van der Waals surface area contributed by atoms with E-state index < -0.39 is 24.2 Å². The van der Waals surface area contributed by atoms with E-state index in [1.807, 2.05) is 0 Å². The van der Waals surface area contributed by atoms with Crippen LogP contribution < -0.4 is 4.74 Å². The van der Waals surface area contributed by atoms with E-state index in [9.17, 15) is 22.7 Å². The Balaban J connectivity index is 1.58. The molecule has 2 aromatic carbocycles. The van der Waals surface area contributed by atoms with Crippen molar-refractivity contribution in [3.8, 4) is 16.9 Å². The summed E-state index contributed by atoms with van der Waals surface area (Å²) in [5.74, 6) is -0.492. The number of ether oxygens (including phenoxy) is 1. The number of halogens is 5. The van der Waals surface area contributed by atoms with Crippen LogP contribution in [0.3, 0.4) is 0 Å². The van der Waals surface area contributed by atoms with Crippen molar-refractivity contribution < 1.29 is 27.4 Å². The van der Waals surface area contributed by atoms with E-state index in [2.05, 4.69) is 20.5 Å². The Bertz CT molecular complexity index is 1270. The molecule has 2 aromatic heterocycles. The lowest BCUT2D eigenvalue weighted by atomic mass is 9.89. The van der Waals surface area contributed by atoms with Crippen LogP contribution in [0.15, 0.2) is 67.1 Å². The van der Waals surface area contributed by atoms with Crippen molar-refractivity contribution in [3.05, 3.63) is 89.2 Å². The van der Waals surface area contributed by atoms with Gasteiger partial charge >= 0.3 is 6.18 Å². The van der Waals surface area contributed by atoms with Gasteiger partial charge < -0.3 is 9.84 Å². The molecular formula is C23H18ClF4N5O2. The third kappa shape index (κ3) is 6.31. The zero-order valence-electron chi connectivity index (χ0n) is 18.0. The number of nitrogens with zero attached hydrogens (tertiary/aromatic N) is 5. The lowest BCUT2D eigenvalue weighted by Gasteiger charge is -2.28. The molecule has 0 saturated carbocycles. The van der Waals surface area contributed by atoms with Gasteiger partial charge in [-0.15, -0.1) is 5.10 Å². The zero-order chi connectivity index (χ0) is 25.1. The number of pyridine rings is 1. The molecule has 0 radical (unpaired) electrons. The van der Waals surface area contributed by atoms with Gasteiger partial charge in [-0.3, -0.25) is 4.98 Å². The third-order valence-corrected chi connectivity index (χ3v) is 5.38. The van der Waals surface area contributed by atoms with E-state index in [4.69, 9.17) is 16.3 Å². The molecule has 0 fully saturated rings. The highest BCUT2D eigenvalue weighted by Crippen LogP contribution is 2.30. The van der Waals surface area contributed by atoms with Crippen LogP contribution >= 0.6 is 11.6 Å². The van der Waals surface area contributed by atoms with Gasteiger partial charge in [0.15, 0.2) is 6.61 Å². The van der Waals surface area contributed by atoms with Crippen molar-refractivity contribution in [1.29, 1.82) is 0 Å². The summed E-state index contributed by atoms with van der Waals surface area (Å²) < 4.78 is 57.5. The predicted molar refractivity (Wildman–Crippen MR) is 118 cm³/mol. The van der Waals surface area contributed by atoms with Gasteiger partial charge in [-0.25, -0.2) is 9.07 Å². The predicted octanol–water partition coefficient (Wildman–Crippen LogP) is 4.60. The summed E-state index contributed by atoms with van der Waals surface area (Å²) in [5.41, 5.74) is 0.133. The minimum Gasteiger partial charge on any atom is -0.484 e. The molecule has 0 aliphatic rings. The fraction of sp³-hybridized carbons (Fsp3) is 0.217. The van der Waals surface area contributed by atoms with Crippen molar-refractivity contribution in [2.24, 2.45) is 0 Å². The summed E-state index contributed by atoms with van der Waals surface area (Å²) in [6.07, 6.45) is -1.73. The van der Waals surface area contributed by atoms with Crippen LogP contribution in [0.25, 0.3) is 11.1 Å². The van der Waals surface area contributed by atoms with E-state index in [0.717, 1.165) is 6.07 Å². The number of rotatable bonds is 8. The first-order chi connectivity index (χ1) is 16.6. The molecule has 0 amide bonds. The van der Waals surface area contributed by atoms with Gasteiger partial charge in [0.2, 0.25) is 0 Å². The van der Waals surface area contributed by atoms with Crippen LogP contribution in [0.4, 0.5) is 17.6 Å². The van der Waals surface area contributed by atoms with E-state index in [1.54, 1.807) is 24.3 Å². The molecule has 4 rings (SSSR count). The minimum absolute atomic E-state index is 0.0801. The normalized spacial score (nSPS) is 13.4. The average molecular weight is 508 g/mol. The van der Waals surface area contributed by atoms with Crippen molar-refractivity contribution in [1.82, 2.24) is 25.2 Å². The van der Waals surface area contributed by atoms with Gasteiger partial charge in [-0.1, -0.05) is 35.9 Å². The second kappa shape index (κ2) is 9.96. The zero-order valence-corrected chi connectivity index (χ0v) is 18.7. The van der Waals surface area contributed by atoms with Crippen LogP contribution in [-0.4, -0.2) is 43.1 Å². The molecular weight excluding hydrogens is 490 g/mol. The molecule has 2 heterocycles. The molecule has 0 saturated heterocycles. The van der Waals surface area contributed by atoms with Gasteiger partial charge in [-0.2, -0.15) is 13.2 Å². The van der Waals surface area contributed by atoms with Crippen molar-refractivity contribution >= 4 is 11.6 Å². The molecule has 0 aliphatic carbocycles. The Hall–Kier alpha value is -3.57. The summed E-state index contributed by atoms with van der Waals surface area (Å²) in [6, 6.07) is 13.5. The monoisotopic (exact) mass is 507 g/mol. The summed E-state index contributed by atoms with van der Waals surface area (Å²) in [4.78, 5) is 4.38. The molecule has 7 nitrogen and oxygen atoms in total. The summed E-state index contributed by atoms with van der Waals surface area (Å²) in [5, 5.41) is 22.7. The maximum atomic E-state index is 14.5. The second-order valence-electron chi connectivity index (χ2n) is 7.81. The number of alkyl halides is 3. The smallest absolute Gasteiger partial charge is 0.422 e. The first kappa shape index (κ1) is 24.6. The fourth-order valence-electron chi connectivity index (χ4n) is 3.48. The average Bonchev–Trinajstić information content (AvgIpc) is 3.32. The van der Waals surface area contributed by atoms with E-state index in [0.29, 0.717) is 11.1 Å². The van der Waals surface area contributed by atoms with Gasteiger partial charge in [0.1, 0.15) is 23.5 Å². The molecule has 0 aliphatic heterocycles. The molecule has 0 spiro atoms. The van der Waals surface area contributed by atoms with E-state index in [1.165, 1.54) is 41.5 Å². The largest absolute Gasteiger partial charge is 0.484 e. The molecule has 1 N–H and O–H groups in total. The fourth-order valence-corrected chi connectivity index (χ4v) is 3.64. The first-order valence-corrected chi connectivity index (χ1v) is 10.6. The molecule has 12 heteroatoms. The Kier molecular flexibility index (Phi) is 6.99. The van der Waals surface area contributed by atoms with Crippen LogP contribution in [0.2, 0.25) is 5.02 Å². The van der Waals surface area contributed by atoms with Crippen molar-refractivity contribution in [2.75, 3.05) is 6.61 Å². The SMILES string of the molecule is OC(Cc1ccc(Cl)cc1F)(Cn1cnnn1)c1ccc(-c2ccc(OCC(F)(F)F)cc2)cn1. The van der Waals surface area contributed by atoms with Gasteiger partial charge in [0.25, 0.3) is 0 Å². The Labute approximate surface area is 202 Å². The van der Waals surface area contributed by atoms with Crippen LogP contribution in [0.5, 0.6) is 5.75 Å². The van der Waals surface area contributed by atoms with Gasteiger partial charge in [0, 0.05) is 23.2 Å². The topological polar surface area (TPSA) is 86.0 Å². The Morgan fingerprint density at radius 1 is 1.00 bits per heavy atom. The highest BCUT2D eigenvalue weighted by Gasteiger charge is 2.34. The minimum atomic E-state index is -4.42. The summed E-state index contributed by atoms with van der Waals surface area (Å²) >= 11 is 5.84. The maximum absolute atomic E-state index is 14.5. The van der Waals surface area contributed by atoms with Gasteiger partial charge in [0.05, 0.1) is 12.2 Å².